The fraction of sp³-hybridized carbons (Fsp3) is 0.469. The number of nitrogens with zero attached hydrogens (tertiary/aromatic N) is 3. The van der Waals surface area contributed by atoms with E-state index in [1.807, 2.05) is 30.9 Å². The Labute approximate surface area is 233 Å². The van der Waals surface area contributed by atoms with Crippen molar-refractivity contribution in [2.24, 2.45) is 0 Å². The van der Waals surface area contributed by atoms with E-state index in [9.17, 15) is 13.6 Å². The molecule has 3 heterocycles. The molecule has 1 saturated heterocycles. The molecule has 1 aliphatic rings. The Hall–Kier alpha value is -3.35. The molecule has 1 fully saturated rings. The number of hydrogen-bond acceptors (Lipinski definition) is 4. The van der Waals surface area contributed by atoms with Gasteiger partial charge in [-0.15, -0.1) is 0 Å². The molecule has 3 aromatic rings. The van der Waals surface area contributed by atoms with Gasteiger partial charge >= 0.3 is 0 Å². The van der Waals surface area contributed by atoms with Crippen LogP contribution in [0.3, 0.4) is 0 Å². The van der Waals surface area contributed by atoms with Crippen molar-refractivity contribution in [3.8, 4) is 17.1 Å². The van der Waals surface area contributed by atoms with Gasteiger partial charge in [-0.3, -0.25) is 9.78 Å². The summed E-state index contributed by atoms with van der Waals surface area (Å²) < 4.78 is 32.2. The maximum absolute atomic E-state index is 13.4. The molecule has 214 valence electrons. The van der Waals surface area contributed by atoms with Crippen LogP contribution >= 0.6 is 0 Å². The molecule has 0 bridgehead atoms. The second-order valence-electron chi connectivity index (χ2n) is 9.42. The van der Waals surface area contributed by atoms with E-state index in [-0.39, 0.29) is 18.1 Å². The zero-order valence-corrected chi connectivity index (χ0v) is 24.5. The number of ether oxygens (including phenoxy) is 1. The van der Waals surface area contributed by atoms with Crippen LogP contribution in [0, 0.1) is 25.5 Å². The summed E-state index contributed by atoms with van der Waals surface area (Å²) in [6.45, 7) is 14.3. The van der Waals surface area contributed by atoms with Gasteiger partial charge in [-0.25, -0.2) is 13.8 Å². The van der Waals surface area contributed by atoms with Crippen LogP contribution in [0.15, 0.2) is 54.9 Å². The molecule has 1 amide bonds. The average Bonchev–Trinajstić information content (AvgIpc) is 2.93. The van der Waals surface area contributed by atoms with Gasteiger partial charge in [-0.1, -0.05) is 53.0 Å². The van der Waals surface area contributed by atoms with Crippen LogP contribution in [0.5, 0.6) is 5.88 Å². The SMILES string of the molecule is CCC.CCCC.Cc1ccnc(-c2c(F)cccc2F)c1.Cc1ccnc(OCC(=O)N2CCCCC2)c1. The molecule has 4 rings (SSSR count). The van der Waals surface area contributed by atoms with Crippen molar-refractivity contribution >= 4 is 5.91 Å². The zero-order chi connectivity index (χ0) is 29.0. The van der Waals surface area contributed by atoms with E-state index in [1.54, 1.807) is 18.3 Å². The Bertz CT molecular complexity index is 1080. The van der Waals surface area contributed by atoms with E-state index in [4.69, 9.17) is 4.74 Å². The Morgan fingerprint density at radius 2 is 1.38 bits per heavy atom. The molecule has 39 heavy (non-hydrogen) atoms. The standard InChI is InChI=1S/C13H18N2O2.C12H9F2N.C4H10.C3H8/c1-11-5-6-14-12(9-11)17-10-13(16)15-7-3-2-4-8-15;1-8-5-6-15-11(7-8)12-9(13)3-2-4-10(12)14;1-3-4-2;1-3-2/h5-6,9H,2-4,7-8,10H2,1H3;2-7H,1H3;3-4H2,1-2H3;3H2,1-2H3. The molecule has 0 radical (unpaired) electrons. The molecule has 0 atom stereocenters. The first kappa shape index (κ1) is 33.7. The minimum Gasteiger partial charge on any atom is -0.468 e. The third-order valence-corrected chi connectivity index (χ3v) is 5.58. The summed E-state index contributed by atoms with van der Waals surface area (Å²) in [5.41, 5.74) is 2.26. The van der Waals surface area contributed by atoms with Crippen LogP contribution in [0.1, 0.15) is 77.3 Å². The highest BCUT2D eigenvalue weighted by Crippen LogP contribution is 2.24. The highest BCUT2D eigenvalue weighted by atomic mass is 19.1. The zero-order valence-electron chi connectivity index (χ0n) is 24.5. The van der Waals surface area contributed by atoms with Crippen molar-refractivity contribution in [3.05, 3.63) is 77.6 Å². The summed E-state index contributed by atoms with van der Waals surface area (Å²) in [5, 5.41) is 0. The lowest BCUT2D eigenvalue weighted by molar-refractivity contribution is -0.134. The van der Waals surface area contributed by atoms with E-state index < -0.39 is 11.6 Å². The van der Waals surface area contributed by atoms with E-state index in [2.05, 4.69) is 37.7 Å². The van der Waals surface area contributed by atoms with E-state index in [0.717, 1.165) is 37.1 Å². The third-order valence-electron chi connectivity index (χ3n) is 5.58. The number of carbonyl (C=O) groups excluding carboxylic acids is 1. The summed E-state index contributed by atoms with van der Waals surface area (Å²) in [6.07, 6.45) is 10.6. The van der Waals surface area contributed by atoms with Gasteiger partial charge in [0.2, 0.25) is 5.88 Å². The lowest BCUT2D eigenvalue weighted by atomic mass is 10.1. The van der Waals surface area contributed by atoms with Crippen LogP contribution in [0.25, 0.3) is 11.3 Å². The number of rotatable bonds is 5. The Balaban J connectivity index is 0.000000317. The maximum Gasteiger partial charge on any atom is 0.260 e. The summed E-state index contributed by atoms with van der Waals surface area (Å²) >= 11 is 0. The van der Waals surface area contributed by atoms with Crippen LogP contribution in [0.2, 0.25) is 0 Å². The molecular weight excluding hydrogens is 496 g/mol. The van der Waals surface area contributed by atoms with Crippen LogP contribution in [0.4, 0.5) is 8.78 Å². The largest absolute Gasteiger partial charge is 0.468 e. The Morgan fingerprint density at radius 3 is 1.90 bits per heavy atom. The predicted octanol–water partition coefficient (Wildman–Crippen LogP) is 8.34. The van der Waals surface area contributed by atoms with Gasteiger partial charge in [-0.05, 0) is 74.6 Å². The van der Waals surface area contributed by atoms with Gasteiger partial charge in [0.1, 0.15) is 11.6 Å². The highest BCUT2D eigenvalue weighted by molar-refractivity contribution is 5.77. The third kappa shape index (κ3) is 13.3. The lowest BCUT2D eigenvalue weighted by Gasteiger charge is -2.26. The quantitative estimate of drug-likeness (QED) is 0.326. The fourth-order valence-corrected chi connectivity index (χ4v) is 3.37. The van der Waals surface area contributed by atoms with Crippen LogP contribution in [-0.2, 0) is 4.79 Å². The van der Waals surface area contributed by atoms with E-state index in [0.29, 0.717) is 11.6 Å². The van der Waals surface area contributed by atoms with Crippen LogP contribution in [-0.4, -0.2) is 40.5 Å². The molecule has 1 aliphatic heterocycles. The topological polar surface area (TPSA) is 55.3 Å². The summed E-state index contributed by atoms with van der Waals surface area (Å²) in [7, 11) is 0. The number of benzene rings is 1. The number of piperidine rings is 1. The van der Waals surface area contributed by atoms with Gasteiger partial charge in [0, 0.05) is 31.5 Å². The number of aryl methyl sites for hydroxylation is 2. The molecule has 0 N–H and O–H groups in total. The first-order valence-corrected chi connectivity index (χ1v) is 14.0. The fourth-order valence-electron chi connectivity index (χ4n) is 3.37. The Morgan fingerprint density at radius 1 is 0.846 bits per heavy atom. The second-order valence-corrected chi connectivity index (χ2v) is 9.42. The molecule has 0 unspecified atom stereocenters. The van der Waals surface area contributed by atoms with E-state index >= 15 is 0 Å². The molecule has 1 aromatic carbocycles. The number of aromatic nitrogens is 2. The summed E-state index contributed by atoms with van der Waals surface area (Å²) in [5.74, 6) is -0.593. The van der Waals surface area contributed by atoms with Crippen molar-refractivity contribution in [2.45, 2.75) is 80.1 Å². The molecule has 0 saturated carbocycles. The second kappa shape index (κ2) is 19.7. The smallest absolute Gasteiger partial charge is 0.260 e. The normalized spacial score (nSPS) is 12.1. The van der Waals surface area contributed by atoms with Gasteiger partial charge in [0.05, 0.1) is 11.3 Å². The number of carbonyl (C=O) groups is 1. The maximum atomic E-state index is 13.4. The average molecular weight is 542 g/mol. The lowest BCUT2D eigenvalue weighted by Crippen LogP contribution is -2.38. The van der Waals surface area contributed by atoms with Gasteiger partial charge in [0.15, 0.2) is 6.61 Å². The number of hydrogen-bond donors (Lipinski definition) is 0. The van der Waals surface area contributed by atoms with Crippen molar-refractivity contribution < 1.29 is 18.3 Å². The number of likely N-dealkylation sites (tertiary alicyclic amines) is 1. The minimum absolute atomic E-state index is 0.0630. The van der Waals surface area contributed by atoms with Crippen LogP contribution < -0.4 is 4.74 Å². The highest BCUT2D eigenvalue weighted by Gasteiger charge is 2.17. The molecule has 0 spiro atoms. The molecule has 5 nitrogen and oxygen atoms in total. The van der Waals surface area contributed by atoms with Gasteiger partial charge < -0.3 is 9.64 Å². The van der Waals surface area contributed by atoms with Gasteiger partial charge in [-0.2, -0.15) is 0 Å². The van der Waals surface area contributed by atoms with Gasteiger partial charge in [0.25, 0.3) is 5.91 Å². The van der Waals surface area contributed by atoms with Crippen molar-refractivity contribution in [2.75, 3.05) is 19.7 Å². The van der Waals surface area contributed by atoms with Crippen molar-refractivity contribution in [1.82, 2.24) is 14.9 Å². The Kier molecular flexibility index (Phi) is 17.0. The summed E-state index contributed by atoms with van der Waals surface area (Å²) in [4.78, 5) is 21.7. The number of unbranched alkanes of at least 4 members (excludes halogenated alkanes) is 1. The first-order valence-electron chi connectivity index (χ1n) is 14.0. The monoisotopic (exact) mass is 541 g/mol. The number of pyridine rings is 2. The molecule has 0 aliphatic carbocycles. The number of amides is 1. The summed E-state index contributed by atoms with van der Waals surface area (Å²) in [6, 6.07) is 11.0. The molecule has 2 aromatic heterocycles. The minimum atomic E-state index is -0.590. The van der Waals surface area contributed by atoms with Crippen molar-refractivity contribution in [3.63, 3.8) is 0 Å². The van der Waals surface area contributed by atoms with E-state index in [1.165, 1.54) is 50.1 Å². The predicted molar refractivity (Wildman–Crippen MR) is 156 cm³/mol. The number of halogens is 2. The first-order chi connectivity index (χ1) is 18.8. The molecule has 7 heteroatoms. The van der Waals surface area contributed by atoms with Crippen molar-refractivity contribution in [1.29, 1.82) is 0 Å². The molecular formula is C32H45F2N3O2.